The third-order valence-corrected chi connectivity index (χ3v) is 4.82. The van der Waals surface area contributed by atoms with Gasteiger partial charge in [0.2, 0.25) is 5.91 Å². The molecule has 2 heterocycles. The number of piperazine rings is 1. The van der Waals surface area contributed by atoms with E-state index in [1.165, 1.54) is 11.1 Å². The molecule has 0 aliphatic carbocycles. The predicted octanol–water partition coefficient (Wildman–Crippen LogP) is 2.67. The number of amides is 1. The van der Waals surface area contributed by atoms with Gasteiger partial charge in [-0.05, 0) is 17.5 Å². The summed E-state index contributed by atoms with van der Waals surface area (Å²) in [5.41, 5.74) is 2.51. The molecule has 2 aliphatic heterocycles. The molecule has 0 saturated carbocycles. The van der Waals surface area contributed by atoms with Crippen LogP contribution in [0.1, 0.15) is 17.5 Å². The molecule has 0 radical (unpaired) electrons. The van der Waals surface area contributed by atoms with Crippen molar-refractivity contribution in [2.75, 3.05) is 6.54 Å². The van der Waals surface area contributed by atoms with E-state index in [-0.39, 0.29) is 6.04 Å². The van der Waals surface area contributed by atoms with Crippen LogP contribution < -0.4 is 0 Å². The molecule has 0 N–H and O–H groups in total. The molecule has 2 saturated heterocycles. The molecule has 3 heteroatoms. The Hall–Kier alpha value is -2.13. The molecule has 1 amide bonds. The SMILES string of the molecule is O=C1[C@@H]2CC(CN1Cc1ccccc1)N2Cc1ccccc1. The lowest BCUT2D eigenvalue weighted by molar-refractivity contribution is -0.161. The van der Waals surface area contributed by atoms with Crippen LogP contribution in [0.25, 0.3) is 0 Å². The summed E-state index contributed by atoms with van der Waals surface area (Å²) in [6.07, 6.45) is 1.02. The quantitative estimate of drug-likeness (QED) is 0.865. The Balaban J connectivity index is 1.43. The zero-order valence-electron chi connectivity index (χ0n) is 12.6. The summed E-state index contributed by atoms with van der Waals surface area (Å²) in [5, 5.41) is 0. The molecule has 2 aromatic carbocycles. The van der Waals surface area contributed by atoms with Crippen LogP contribution >= 0.6 is 0 Å². The number of hydrogen-bond donors (Lipinski definition) is 0. The molecule has 112 valence electrons. The first kappa shape index (κ1) is 13.5. The van der Waals surface area contributed by atoms with Crippen molar-refractivity contribution >= 4 is 5.91 Å². The number of benzene rings is 2. The van der Waals surface area contributed by atoms with Gasteiger partial charge in [0.1, 0.15) is 0 Å². The van der Waals surface area contributed by atoms with Crippen LogP contribution in [0.15, 0.2) is 60.7 Å². The Morgan fingerprint density at radius 1 is 0.864 bits per heavy atom. The smallest absolute Gasteiger partial charge is 0.240 e. The summed E-state index contributed by atoms with van der Waals surface area (Å²) in [5.74, 6) is 0.294. The van der Waals surface area contributed by atoms with Gasteiger partial charge in [-0.1, -0.05) is 60.7 Å². The van der Waals surface area contributed by atoms with Crippen molar-refractivity contribution in [2.24, 2.45) is 0 Å². The number of nitrogens with zero attached hydrogens (tertiary/aromatic N) is 2. The van der Waals surface area contributed by atoms with Crippen LogP contribution in [0.2, 0.25) is 0 Å². The van der Waals surface area contributed by atoms with Crippen molar-refractivity contribution < 1.29 is 4.79 Å². The average molecular weight is 292 g/mol. The maximum atomic E-state index is 12.7. The second kappa shape index (κ2) is 5.58. The molecule has 0 spiro atoms. The molecule has 2 atom stereocenters. The molecule has 4 rings (SSSR count). The van der Waals surface area contributed by atoms with Crippen LogP contribution in [0.4, 0.5) is 0 Å². The second-order valence-corrected chi connectivity index (χ2v) is 6.27. The Bertz CT molecular complexity index is 656. The highest BCUT2D eigenvalue weighted by atomic mass is 16.2. The van der Waals surface area contributed by atoms with Gasteiger partial charge in [0, 0.05) is 25.7 Å². The molecule has 2 bridgehead atoms. The molecule has 1 unspecified atom stereocenters. The summed E-state index contributed by atoms with van der Waals surface area (Å²) < 4.78 is 0. The lowest BCUT2D eigenvalue weighted by Gasteiger charge is -2.55. The number of carbonyl (C=O) groups is 1. The Morgan fingerprint density at radius 2 is 1.45 bits per heavy atom. The number of likely N-dealkylation sites (tertiary alicyclic amines) is 2. The van der Waals surface area contributed by atoms with Crippen molar-refractivity contribution in [1.29, 1.82) is 0 Å². The van der Waals surface area contributed by atoms with Gasteiger partial charge in [-0.25, -0.2) is 0 Å². The van der Waals surface area contributed by atoms with Gasteiger partial charge in [0.05, 0.1) is 6.04 Å². The Morgan fingerprint density at radius 3 is 2.05 bits per heavy atom. The van der Waals surface area contributed by atoms with E-state index in [9.17, 15) is 4.79 Å². The number of carbonyl (C=O) groups excluding carboxylic acids is 1. The summed E-state index contributed by atoms with van der Waals surface area (Å²) in [6.45, 7) is 2.49. The van der Waals surface area contributed by atoms with Gasteiger partial charge in [-0.15, -0.1) is 0 Å². The summed E-state index contributed by atoms with van der Waals surface area (Å²) >= 11 is 0. The van der Waals surface area contributed by atoms with Crippen LogP contribution in [-0.4, -0.2) is 34.3 Å². The molecule has 2 fully saturated rings. The second-order valence-electron chi connectivity index (χ2n) is 6.27. The monoisotopic (exact) mass is 292 g/mol. The van der Waals surface area contributed by atoms with E-state index < -0.39 is 0 Å². The molecule has 3 nitrogen and oxygen atoms in total. The predicted molar refractivity (Wildman–Crippen MR) is 86.0 cm³/mol. The summed E-state index contributed by atoms with van der Waals surface area (Å²) in [4.78, 5) is 17.0. The van der Waals surface area contributed by atoms with Crippen molar-refractivity contribution in [3.05, 3.63) is 71.8 Å². The minimum absolute atomic E-state index is 0.0858. The van der Waals surface area contributed by atoms with Gasteiger partial charge in [0.25, 0.3) is 0 Å². The summed E-state index contributed by atoms with van der Waals surface area (Å²) in [6, 6.07) is 21.3. The zero-order chi connectivity index (χ0) is 14.9. The first-order valence-electron chi connectivity index (χ1n) is 7.93. The van der Waals surface area contributed by atoms with E-state index in [4.69, 9.17) is 0 Å². The molecular weight excluding hydrogens is 272 g/mol. The van der Waals surface area contributed by atoms with Crippen molar-refractivity contribution in [3.63, 3.8) is 0 Å². The maximum absolute atomic E-state index is 12.7. The van der Waals surface area contributed by atoms with E-state index in [2.05, 4.69) is 41.3 Å². The fraction of sp³-hybridized carbons (Fsp3) is 0.316. The average Bonchev–Trinajstić information content (AvgIpc) is 2.56. The van der Waals surface area contributed by atoms with E-state index in [0.717, 1.165) is 26.1 Å². The molecule has 2 aliphatic rings. The third-order valence-electron chi connectivity index (χ3n) is 4.82. The highest BCUT2D eigenvalue weighted by molar-refractivity contribution is 5.84. The largest absolute Gasteiger partial charge is 0.335 e. The van der Waals surface area contributed by atoms with Gasteiger partial charge < -0.3 is 4.90 Å². The van der Waals surface area contributed by atoms with Gasteiger partial charge in [0.15, 0.2) is 0 Å². The molecule has 0 aromatic heterocycles. The standard InChI is InChI=1S/C19H20N2O/c22-19-18-11-17(21(18)13-16-9-5-2-6-10-16)14-20(19)12-15-7-3-1-4-8-15/h1-10,17-18H,11-14H2/t17?,18-/m0/s1. The Labute approximate surface area is 131 Å². The highest BCUT2D eigenvalue weighted by Gasteiger charge is 2.49. The number of fused-ring (bicyclic) bond motifs is 2. The summed E-state index contributed by atoms with van der Waals surface area (Å²) in [7, 11) is 0. The van der Waals surface area contributed by atoms with Gasteiger partial charge >= 0.3 is 0 Å². The lowest BCUT2D eigenvalue weighted by Crippen LogP contribution is -2.70. The van der Waals surface area contributed by atoms with E-state index >= 15 is 0 Å². The van der Waals surface area contributed by atoms with Crippen LogP contribution in [0, 0.1) is 0 Å². The maximum Gasteiger partial charge on any atom is 0.240 e. The first-order chi connectivity index (χ1) is 10.8. The van der Waals surface area contributed by atoms with Gasteiger partial charge in [-0.3, -0.25) is 9.69 Å². The van der Waals surface area contributed by atoms with E-state index in [1.54, 1.807) is 0 Å². The number of hydrogen-bond acceptors (Lipinski definition) is 2. The van der Waals surface area contributed by atoms with E-state index in [0.29, 0.717) is 11.9 Å². The zero-order valence-corrected chi connectivity index (χ0v) is 12.6. The first-order valence-corrected chi connectivity index (χ1v) is 7.93. The normalized spacial score (nSPS) is 24.2. The number of piperidine rings is 1. The minimum atomic E-state index is 0.0858. The molecular formula is C19H20N2O. The molecule has 22 heavy (non-hydrogen) atoms. The Kier molecular flexibility index (Phi) is 3.43. The van der Waals surface area contributed by atoms with Gasteiger partial charge in [-0.2, -0.15) is 0 Å². The van der Waals surface area contributed by atoms with Crippen LogP contribution in [0.3, 0.4) is 0 Å². The van der Waals surface area contributed by atoms with Crippen LogP contribution in [0.5, 0.6) is 0 Å². The van der Waals surface area contributed by atoms with Crippen molar-refractivity contribution in [2.45, 2.75) is 31.6 Å². The third kappa shape index (κ3) is 2.42. The highest BCUT2D eigenvalue weighted by Crippen LogP contribution is 2.35. The van der Waals surface area contributed by atoms with E-state index in [1.807, 2.05) is 29.2 Å². The molecule has 2 aromatic rings. The van der Waals surface area contributed by atoms with Crippen molar-refractivity contribution in [3.8, 4) is 0 Å². The fourth-order valence-electron chi connectivity index (χ4n) is 3.60. The van der Waals surface area contributed by atoms with Crippen molar-refractivity contribution in [1.82, 2.24) is 9.80 Å². The fourth-order valence-corrected chi connectivity index (χ4v) is 3.60. The van der Waals surface area contributed by atoms with Crippen LogP contribution in [-0.2, 0) is 17.9 Å². The lowest BCUT2D eigenvalue weighted by atomic mass is 9.86. The minimum Gasteiger partial charge on any atom is -0.335 e. The number of rotatable bonds is 4. The topological polar surface area (TPSA) is 23.6 Å².